The summed E-state index contributed by atoms with van der Waals surface area (Å²) in [5, 5.41) is 0. The molecule has 3 heteroatoms. The molecule has 0 N–H and O–H groups in total. The van der Waals surface area contributed by atoms with E-state index in [-0.39, 0.29) is 0 Å². The first kappa shape index (κ1) is 9.38. The molecule has 2 fully saturated rings. The van der Waals surface area contributed by atoms with Crippen molar-refractivity contribution >= 4 is 18.5 Å². The number of thiol groups is 1. The van der Waals surface area contributed by atoms with Crippen LogP contribution in [0.1, 0.15) is 32.1 Å². The zero-order chi connectivity index (χ0) is 9.26. The topological polar surface area (TPSA) is 20.3 Å². The quantitative estimate of drug-likeness (QED) is 0.671. The Labute approximate surface area is 85.1 Å². The number of hydrogen-bond acceptors (Lipinski definition) is 2. The summed E-state index contributed by atoms with van der Waals surface area (Å²) in [4.78, 5) is 13.7. The molecule has 13 heavy (non-hydrogen) atoms. The van der Waals surface area contributed by atoms with Gasteiger partial charge in [0.2, 0.25) is 5.91 Å². The highest BCUT2D eigenvalue weighted by Gasteiger charge is 2.34. The molecule has 0 aromatic carbocycles. The highest BCUT2D eigenvalue weighted by atomic mass is 32.1. The standard InChI is InChI=1S/C10H17NOS/c12-10-5-8(7-13)6-11(10)9-3-1-2-4-9/h8-9,13H,1-7H2. The summed E-state index contributed by atoms with van der Waals surface area (Å²) in [5.74, 6) is 1.73. The fourth-order valence-electron chi connectivity index (χ4n) is 2.50. The van der Waals surface area contributed by atoms with Crippen molar-refractivity contribution in [1.29, 1.82) is 0 Å². The molecule has 0 aromatic heterocycles. The number of hydrogen-bond donors (Lipinski definition) is 1. The average molecular weight is 199 g/mol. The van der Waals surface area contributed by atoms with Crippen molar-refractivity contribution in [3.8, 4) is 0 Å². The van der Waals surface area contributed by atoms with E-state index >= 15 is 0 Å². The van der Waals surface area contributed by atoms with Crippen LogP contribution < -0.4 is 0 Å². The zero-order valence-corrected chi connectivity index (χ0v) is 8.80. The van der Waals surface area contributed by atoms with Crippen LogP contribution in [0.2, 0.25) is 0 Å². The maximum atomic E-state index is 11.6. The van der Waals surface area contributed by atoms with E-state index in [0.29, 0.717) is 17.9 Å². The summed E-state index contributed by atoms with van der Waals surface area (Å²) in [5.41, 5.74) is 0. The summed E-state index contributed by atoms with van der Waals surface area (Å²) in [6.45, 7) is 0.965. The Hall–Kier alpha value is -0.180. The van der Waals surface area contributed by atoms with Crippen LogP contribution in [-0.2, 0) is 4.79 Å². The smallest absolute Gasteiger partial charge is 0.223 e. The largest absolute Gasteiger partial charge is 0.339 e. The minimum Gasteiger partial charge on any atom is -0.339 e. The average Bonchev–Trinajstić information content (AvgIpc) is 2.72. The summed E-state index contributed by atoms with van der Waals surface area (Å²) in [6.07, 6.45) is 5.80. The molecule has 1 heterocycles. The lowest BCUT2D eigenvalue weighted by Crippen LogP contribution is -2.34. The van der Waals surface area contributed by atoms with E-state index in [0.717, 1.165) is 18.7 Å². The maximum absolute atomic E-state index is 11.6. The molecule has 1 amide bonds. The van der Waals surface area contributed by atoms with Gasteiger partial charge in [0.25, 0.3) is 0 Å². The van der Waals surface area contributed by atoms with E-state index in [1.54, 1.807) is 0 Å². The van der Waals surface area contributed by atoms with Gasteiger partial charge in [-0.2, -0.15) is 12.6 Å². The molecule has 1 saturated heterocycles. The molecule has 0 bridgehead atoms. The molecule has 0 aromatic rings. The third kappa shape index (κ3) is 1.85. The maximum Gasteiger partial charge on any atom is 0.223 e. The molecule has 1 saturated carbocycles. The molecule has 2 nitrogen and oxygen atoms in total. The third-order valence-electron chi connectivity index (χ3n) is 3.26. The fraction of sp³-hybridized carbons (Fsp3) is 0.900. The minimum absolute atomic E-state index is 0.367. The Morgan fingerprint density at radius 3 is 2.62 bits per heavy atom. The molecule has 1 unspecified atom stereocenters. The van der Waals surface area contributed by atoms with Gasteiger partial charge in [-0.1, -0.05) is 12.8 Å². The van der Waals surface area contributed by atoms with Crippen LogP contribution >= 0.6 is 12.6 Å². The van der Waals surface area contributed by atoms with E-state index in [1.165, 1.54) is 25.7 Å². The van der Waals surface area contributed by atoms with E-state index < -0.39 is 0 Å². The van der Waals surface area contributed by atoms with Crippen molar-refractivity contribution < 1.29 is 4.79 Å². The molecule has 1 aliphatic carbocycles. The highest BCUT2D eigenvalue weighted by Crippen LogP contribution is 2.29. The summed E-state index contributed by atoms with van der Waals surface area (Å²) >= 11 is 4.26. The van der Waals surface area contributed by atoms with Gasteiger partial charge in [0, 0.05) is 19.0 Å². The second-order valence-electron chi connectivity index (χ2n) is 4.24. The van der Waals surface area contributed by atoms with Crippen LogP contribution in [0.15, 0.2) is 0 Å². The van der Waals surface area contributed by atoms with Crippen molar-refractivity contribution in [3.63, 3.8) is 0 Å². The van der Waals surface area contributed by atoms with E-state index in [2.05, 4.69) is 17.5 Å². The molecule has 0 radical (unpaired) electrons. The fourth-order valence-corrected chi connectivity index (χ4v) is 2.74. The number of carbonyl (C=O) groups is 1. The van der Waals surface area contributed by atoms with E-state index in [4.69, 9.17) is 0 Å². The first-order valence-electron chi connectivity index (χ1n) is 5.21. The van der Waals surface area contributed by atoms with Gasteiger partial charge in [-0.25, -0.2) is 0 Å². The predicted octanol–water partition coefficient (Wildman–Crippen LogP) is 1.71. The molecule has 1 atom stereocenters. The second kappa shape index (κ2) is 3.91. The van der Waals surface area contributed by atoms with Crippen LogP contribution in [0.25, 0.3) is 0 Å². The molecular formula is C10H17NOS. The van der Waals surface area contributed by atoms with Gasteiger partial charge in [-0.05, 0) is 24.5 Å². The van der Waals surface area contributed by atoms with E-state index in [9.17, 15) is 4.79 Å². The van der Waals surface area contributed by atoms with Gasteiger partial charge < -0.3 is 4.90 Å². The van der Waals surface area contributed by atoms with Crippen molar-refractivity contribution in [3.05, 3.63) is 0 Å². The summed E-state index contributed by atoms with van der Waals surface area (Å²) < 4.78 is 0. The number of rotatable bonds is 2. The Balaban J connectivity index is 1.95. The molecule has 74 valence electrons. The van der Waals surface area contributed by atoms with Crippen LogP contribution in [-0.4, -0.2) is 29.1 Å². The first-order chi connectivity index (χ1) is 6.31. The monoisotopic (exact) mass is 199 g/mol. The van der Waals surface area contributed by atoms with Crippen LogP contribution in [0, 0.1) is 5.92 Å². The number of amides is 1. The minimum atomic E-state index is 0.367. The van der Waals surface area contributed by atoms with Crippen molar-refractivity contribution in [2.24, 2.45) is 5.92 Å². The van der Waals surface area contributed by atoms with Crippen molar-refractivity contribution in [1.82, 2.24) is 4.90 Å². The summed E-state index contributed by atoms with van der Waals surface area (Å²) in [6, 6.07) is 0.567. The van der Waals surface area contributed by atoms with Crippen LogP contribution in [0.3, 0.4) is 0 Å². The van der Waals surface area contributed by atoms with E-state index in [1.807, 2.05) is 0 Å². The summed E-state index contributed by atoms with van der Waals surface area (Å²) in [7, 11) is 0. The predicted molar refractivity (Wildman–Crippen MR) is 55.9 cm³/mol. The Bertz CT molecular complexity index is 201. The van der Waals surface area contributed by atoms with Gasteiger partial charge in [0.05, 0.1) is 0 Å². The second-order valence-corrected chi connectivity index (χ2v) is 4.60. The molecule has 0 spiro atoms. The SMILES string of the molecule is O=C1CC(CS)CN1C1CCCC1. The van der Waals surface area contributed by atoms with Crippen molar-refractivity contribution in [2.75, 3.05) is 12.3 Å². The molecule has 2 aliphatic rings. The zero-order valence-electron chi connectivity index (χ0n) is 7.91. The van der Waals surface area contributed by atoms with Gasteiger partial charge in [-0.3, -0.25) is 4.79 Å². The molecule has 1 aliphatic heterocycles. The van der Waals surface area contributed by atoms with Crippen LogP contribution in [0.5, 0.6) is 0 Å². The molecular weight excluding hydrogens is 182 g/mol. The highest BCUT2D eigenvalue weighted by molar-refractivity contribution is 7.80. The first-order valence-corrected chi connectivity index (χ1v) is 5.85. The number of nitrogens with zero attached hydrogens (tertiary/aromatic N) is 1. The molecule has 2 rings (SSSR count). The lowest BCUT2D eigenvalue weighted by molar-refractivity contribution is -0.129. The lowest BCUT2D eigenvalue weighted by atomic mass is 10.1. The Morgan fingerprint density at radius 2 is 2.08 bits per heavy atom. The van der Waals surface area contributed by atoms with Gasteiger partial charge in [0.1, 0.15) is 0 Å². The normalized spacial score (nSPS) is 30.4. The van der Waals surface area contributed by atoms with Gasteiger partial charge in [-0.15, -0.1) is 0 Å². The van der Waals surface area contributed by atoms with Crippen LogP contribution in [0.4, 0.5) is 0 Å². The third-order valence-corrected chi connectivity index (χ3v) is 3.78. The van der Waals surface area contributed by atoms with Gasteiger partial charge in [0.15, 0.2) is 0 Å². The van der Waals surface area contributed by atoms with Crippen molar-refractivity contribution in [2.45, 2.75) is 38.1 Å². The Morgan fingerprint density at radius 1 is 1.38 bits per heavy atom. The lowest BCUT2D eigenvalue weighted by Gasteiger charge is -2.23. The number of carbonyl (C=O) groups excluding carboxylic acids is 1. The van der Waals surface area contributed by atoms with Gasteiger partial charge >= 0.3 is 0 Å². The Kier molecular flexibility index (Phi) is 2.82. The number of likely N-dealkylation sites (tertiary alicyclic amines) is 1.